The molecule has 1 aromatic rings. The van der Waals surface area contributed by atoms with Crippen molar-refractivity contribution in [1.82, 2.24) is 0 Å². The van der Waals surface area contributed by atoms with Crippen molar-refractivity contribution in [2.24, 2.45) is 16.6 Å². The van der Waals surface area contributed by atoms with Crippen LogP contribution in [0.15, 0.2) is 29.3 Å². The van der Waals surface area contributed by atoms with Crippen molar-refractivity contribution in [3.8, 4) is 5.75 Å². The monoisotopic (exact) mass is 266 g/mol. The summed E-state index contributed by atoms with van der Waals surface area (Å²) in [6.45, 7) is 5.18. The quantitative estimate of drug-likeness (QED) is 0.635. The van der Waals surface area contributed by atoms with Crippen molar-refractivity contribution >= 4 is 16.9 Å². The van der Waals surface area contributed by atoms with Crippen LogP contribution in [0.25, 0.3) is 0 Å². The van der Waals surface area contributed by atoms with Crippen LogP contribution < -0.4 is 10.5 Å². The van der Waals surface area contributed by atoms with Crippen molar-refractivity contribution in [3.63, 3.8) is 0 Å². The molecule has 0 aliphatic carbocycles. The lowest BCUT2D eigenvalue weighted by Gasteiger charge is -2.07. The van der Waals surface area contributed by atoms with Crippen molar-refractivity contribution in [2.75, 3.05) is 13.7 Å². The average molecular weight is 266 g/mol. The zero-order chi connectivity index (χ0) is 13.4. The highest BCUT2D eigenvalue weighted by atomic mass is 32.2. The number of methoxy groups -OCH3 is 1. The molecule has 0 aliphatic heterocycles. The molecule has 18 heavy (non-hydrogen) atoms. The van der Waals surface area contributed by atoms with Crippen molar-refractivity contribution in [2.45, 2.75) is 26.0 Å². The van der Waals surface area contributed by atoms with E-state index in [1.54, 1.807) is 18.9 Å². The van der Waals surface area contributed by atoms with E-state index >= 15 is 0 Å². The number of amidine groups is 1. The first-order chi connectivity index (χ1) is 8.63. The van der Waals surface area contributed by atoms with Gasteiger partial charge in [-0.3, -0.25) is 4.99 Å². The SMILES string of the molecule is COc1ccccc1CSC(N)=NCCC(C)C. The maximum absolute atomic E-state index is 5.87. The van der Waals surface area contributed by atoms with Crippen LogP contribution in [-0.4, -0.2) is 18.8 Å². The molecule has 0 saturated heterocycles. The largest absolute Gasteiger partial charge is 0.496 e. The molecule has 1 rings (SSSR count). The molecule has 0 fully saturated rings. The molecule has 0 amide bonds. The van der Waals surface area contributed by atoms with Crippen LogP contribution in [-0.2, 0) is 5.75 Å². The van der Waals surface area contributed by atoms with Gasteiger partial charge in [0, 0.05) is 17.9 Å². The van der Waals surface area contributed by atoms with E-state index in [1.165, 1.54) is 0 Å². The molecule has 3 nitrogen and oxygen atoms in total. The third-order valence-electron chi connectivity index (χ3n) is 2.54. The van der Waals surface area contributed by atoms with Crippen molar-refractivity contribution < 1.29 is 4.74 Å². The number of thioether (sulfide) groups is 1. The van der Waals surface area contributed by atoms with Crippen LogP contribution in [0.3, 0.4) is 0 Å². The Hall–Kier alpha value is -1.16. The van der Waals surface area contributed by atoms with E-state index in [4.69, 9.17) is 10.5 Å². The molecule has 0 aromatic heterocycles. The van der Waals surface area contributed by atoms with E-state index in [-0.39, 0.29) is 0 Å². The van der Waals surface area contributed by atoms with Crippen LogP contribution in [0.4, 0.5) is 0 Å². The molecule has 0 saturated carbocycles. The Balaban J connectivity index is 2.44. The number of aliphatic imine (C=N–C) groups is 1. The summed E-state index contributed by atoms with van der Waals surface area (Å²) in [7, 11) is 1.68. The Morgan fingerprint density at radius 1 is 1.39 bits per heavy atom. The molecule has 100 valence electrons. The molecular weight excluding hydrogens is 244 g/mol. The van der Waals surface area contributed by atoms with Crippen molar-refractivity contribution in [1.29, 1.82) is 0 Å². The summed E-state index contributed by atoms with van der Waals surface area (Å²) in [6.07, 6.45) is 1.08. The van der Waals surface area contributed by atoms with Crippen LogP contribution in [0, 0.1) is 5.92 Å². The van der Waals surface area contributed by atoms with Gasteiger partial charge in [0.1, 0.15) is 5.75 Å². The minimum atomic E-state index is 0.654. The van der Waals surface area contributed by atoms with Gasteiger partial charge in [-0.15, -0.1) is 0 Å². The lowest BCUT2D eigenvalue weighted by atomic mass is 10.1. The fourth-order valence-electron chi connectivity index (χ4n) is 1.45. The van der Waals surface area contributed by atoms with Crippen LogP contribution in [0.1, 0.15) is 25.8 Å². The summed E-state index contributed by atoms with van der Waals surface area (Å²) in [5, 5.41) is 0.654. The molecule has 0 spiro atoms. The Morgan fingerprint density at radius 3 is 2.78 bits per heavy atom. The summed E-state index contributed by atoms with van der Waals surface area (Å²) in [4.78, 5) is 4.35. The van der Waals surface area contributed by atoms with E-state index in [9.17, 15) is 0 Å². The number of hydrogen-bond acceptors (Lipinski definition) is 3. The highest BCUT2D eigenvalue weighted by Gasteiger charge is 2.03. The average Bonchev–Trinajstić information content (AvgIpc) is 2.36. The molecule has 4 heteroatoms. The van der Waals surface area contributed by atoms with Gasteiger partial charge in [-0.1, -0.05) is 43.8 Å². The maximum Gasteiger partial charge on any atom is 0.154 e. The van der Waals surface area contributed by atoms with Gasteiger partial charge < -0.3 is 10.5 Å². The highest BCUT2D eigenvalue weighted by Crippen LogP contribution is 2.22. The number of hydrogen-bond donors (Lipinski definition) is 1. The second kappa shape index (κ2) is 8.03. The second-order valence-electron chi connectivity index (χ2n) is 4.50. The lowest BCUT2D eigenvalue weighted by molar-refractivity contribution is 0.411. The molecule has 0 atom stereocenters. The van der Waals surface area contributed by atoms with Crippen LogP contribution in [0.5, 0.6) is 5.75 Å². The van der Waals surface area contributed by atoms with E-state index in [0.717, 1.165) is 30.0 Å². The van der Waals surface area contributed by atoms with E-state index in [0.29, 0.717) is 11.1 Å². The summed E-state index contributed by atoms with van der Waals surface area (Å²) < 4.78 is 5.30. The zero-order valence-electron chi connectivity index (χ0n) is 11.3. The first-order valence-electron chi connectivity index (χ1n) is 6.18. The molecule has 0 aliphatic rings. The lowest BCUT2D eigenvalue weighted by Crippen LogP contribution is -2.08. The highest BCUT2D eigenvalue weighted by molar-refractivity contribution is 8.13. The van der Waals surface area contributed by atoms with Gasteiger partial charge in [-0.2, -0.15) is 0 Å². The fraction of sp³-hybridized carbons (Fsp3) is 0.500. The van der Waals surface area contributed by atoms with Gasteiger partial charge in [0.2, 0.25) is 0 Å². The molecule has 0 radical (unpaired) electrons. The third kappa shape index (κ3) is 5.45. The minimum absolute atomic E-state index is 0.654. The molecule has 2 N–H and O–H groups in total. The van der Waals surface area contributed by atoms with Gasteiger partial charge in [0.25, 0.3) is 0 Å². The summed E-state index contributed by atoms with van der Waals surface area (Å²) in [5.41, 5.74) is 7.02. The van der Waals surface area contributed by atoms with E-state index in [2.05, 4.69) is 18.8 Å². The fourth-order valence-corrected chi connectivity index (χ4v) is 2.18. The van der Waals surface area contributed by atoms with Crippen LogP contribution >= 0.6 is 11.8 Å². The van der Waals surface area contributed by atoms with E-state index < -0.39 is 0 Å². The van der Waals surface area contributed by atoms with Gasteiger partial charge in [-0.05, 0) is 18.4 Å². The standard InChI is InChI=1S/C14H22N2OS/c1-11(2)8-9-16-14(15)18-10-12-6-4-5-7-13(12)17-3/h4-7,11H,8-10H2,1-3H3,(H2,15,16). The van der Waals surface area contributed by atoms with Gasteiger partial charge in [0.15, 0.2) is 5.17 Å². The summed E-state index contributed by atoms with van der Waals surface area (Å²) >= 11 is 1.56. The number of nitrogens with two attached hydrogens (primary N) is 1. The first kappa shape index (κ1) is 14.9. The molecular formula is C14H22N2OS. The first-order valence-corrected chi connectivity index (χ1v) is 7.16. The molecule has 1 aromatic carbocycles. The number of rotatable bonds is 6. The normalized spacial score (nSPS) is 11.9. The Bertz CT molecular complexity index is 391. The van der Waals surface area contributed by atoms with Gasteiger partial charge >= 0.3 is 0 Å². The van der Waals surface area contributed by atoms with Gasteiger partial charge in [-0.25, -0.2) is 0 Å². The van der Waals surface area contributed by atoms with E-state index in [1.807, 2.05) is 24.3 Å². The molecule has 0 bridgehead atoms. The zero-order valence-corrected chi connectivity index (χ0v) is 12.2. The van der Waals surface area contributed by atoms with Crippen LogP contribution in [0.2, 0.25) is 0 Å². The summed E-state index contributed by atoms with van der Waals surface area (Å²) in [6, 6.07) is 7.98. The Labute approximate surface area is 114 Å². The number of benzene rings is 1. The molecule has 0 heterocycles. The number of ether oxygens (including phenoxy) is 1. The predicted octanol–water partition coefficient (Wildman–Crippen LogP) is 3.29. The topological polar surface area (TPSA) is 47.6 Å². The Kier molecular flexibility index (Phi) is 6.65. The Morgan fingerprint density at radius 2 is 2.11 bits per heavy atom. The third-order valence-corrected chi connectivity index (χ3v) is 3.42. The smallest absolute Gasteiger partial charge is 0.154 e. The van der Waals surface area contributed by atoms with Crippen molar-refractivity contribution in [3.05, 3.63) is 29.8 Å². The van der Waals surface area contributed by atoms with Gasteiger partial charge in [0.05, 0.1) is 7.11 Å². The molecule has 0 unspecified atom stereocenters. The maximum atomic E-state index is 5.87. The summed E-state index contributed by atoms with van der Waals surface area (Å²) in [5.74, 6) is 2.36. The number of nitrogens with zero attached hydrogens (tertiary/aromatic N) is 1. The predicted molar refractivity (Wildman–Crippen MR) is 80.2 cm³/mol. The number of para-hydroxylation sites is 1. The minimum Gasteiger partial charge on any atom is -0.496 e. The second-order valence-corrected chi connectivity index (χ2v) is 5.50.